The van der Waals surface area contributed by atoms with E-state index in [1.165, 1.54) is 22.3 Å². The number of carbonyl (C=O) groups excluding carboxylic acids is 2. The van der Waals surface area contributed by atoms with Crippen LogP contribution in [0.4, 0.5) is 5.13 Å². The Bertz CT molecular complexity index is 1690. The summed E-state index contributed by atoms with van der Waals surface area (Å²) in [5.74, 6) is -0.688. The van der Waals surface area contributed by atoms with Gasteiger partial charge < -0.3 is 10.2 Å². The molecule has 1 atom stereocenters. The molecule has 0 bridgehead atoms. The first kappa shape index (κ1) is 26.7. The summed E-state index contributed by atoms with van der Waals surface area (Å²) in [6.45, 7) is 6.05. The van der Waals surface area contributed by atoms with Crippen LogP contribution >= 0.6 is 11.3 Å². The predicted octanol–water partition coefficient (Wildman–Crippen LogP) is 5.05. The first-order valence-corrected chi connectivity index (χ1v) is 15.2. The fourth-order valence-corrected chi connectivity index (χ4v) is 6.43. The number of amides is 2. The standard InChI is InChI=1S/C29H28N4O4S2/c1-17-8-9-22(15-26(17)39(4,36)37)28(35)33-11-10-25(33)27(34)32-29-31-24(16-38-29)21-7-5-6-20(14-21)23-12-18(2)30-19(3)13-23/h5-9,12-16,25H,10-11H2,1-4H3,(H,31,32,34)/t25-/m1/s1. The normalized spacial score (nSPS) is 15.1. The van der Waals surface area contributed by atoms with E-state index in [2.05, 4.69) is 21.4 Å². The number of aryl methyl sites for hydroxylation is 3. The van der Waals surface area contributed by atoms with Crippen molar-refractivity contribution in [2.75, 3.05) is 18.1 Å². The van der Waals surface area contributed by atoms with Gasteiger partial charge in [0, 0.05) is 40.7 Å². The molecule has 1 aliphatic heterocycles. The molecular formula is C29H28N4O4S2. The van der Waals surface area contributed by atoms with Crippen molar-refractivity contribution in [3.05, 3.63) is 82.5 Å². The van der Waals surface area contributed by atoms with Gasteiger partial charge in [0.2, 0.25) is 5.91 Å². The summed E-state index contributed by atoms with van der Waals surface area (Å²) in [5, 5.41) is 5.19. The van der Waals surface area contributed by atoms with Crippen molar-refractivity contribution in [2.24, 2.45) is 0 Å². The predicted molar refractivity (Wildman–Crippen MR) is 153 cm³/mol. The summed E-state index contributed by atoms with van der Waals surface area (Å²) in [6.07, 6.45) is 1.64. The number of rotatable bonds is 6. The molecule has 0 aliphatic carbocycles. The molecule has 0 spiro atoms. The monoisotopic (exact) mass is 560 g/mol. The van der Waals surface area contributed by atoms with Crippen molar-refractivity contribution in [1.29, 1.82) is 0 Å². The van der Waals surface area contributed by atoms with E-state index in [1.807, 2.05) is 49.6 Å². The molecule has 200 valence electrons. The molecule has 10 heteroatoms. The SMILES string of the molecule is Cc1cc(-c2cccc(-c3csc(NC(=O)[C@H]4CCN4C(=O)c4ccc(C)c(S(C)(=O)=O)c4)n3)c2)cc(C)n1. The largest absolute Gasteiger partial charge is 0.326 e. The molecule has 1 N–H and O–H groups in total. The van der Waals surface area contributed by atoms with Crippen LogP contribution in [0.2, 0.25) is 0 Å². The van der Waals surface area contributed by atoms with E-state index in [9.17, 15) is 18.0 Å². The van der Waals surface area contributed by atoms with Gasteiger partial charge >= 0.3 is 0 Å². The lowest BCUT2D eigenvalue weighted by Gasteiger charge is -2.39. The van der Waals surface area contributed by atoms with Gasteiger partial charge in [-0.2, -0.15) is 0 Å². The summed E-state index contributed by atoms with van der Waals surface area (Å²) in [7, 11) is -3.48. The number of likely N-dealkylation sites (tertiary alicyclic amines) is 1. The second kappa shape index (κ2) is 10.3. The van der Waals surface area contributed by atoms with E-state index in [-0.39, 0.29) is 22.3 Å². The number of pyridine rings is 1. The molecule has 1 saturated heterocycles. The third-order valence-electron chi connectivity index (χ3n) is 6.73. The van der Waals surface area contributed by atoms with Gasteiger partial charge in [-0.3, -0.25) is 14.6 Å². The third-order valence-corrected chi connectivity index (χ3v) is 8.72. The number of thiazole rings is 1. The molecule has 2 aromatic carbocycles. The van der Waals surface area contributed by atoms with Crippen LogP contribution in [0.25, 0.3) is 22.4 Å². The van der Waals surface area contributed by atoms with Crippen LogP contribution in [0.15, 0.2) is 64.9 Å². The van der Waals surface area contributed by atoms with Gasteiger partial charge in [0.05, 0.1) is 10.6 Å². The Morgan fingerprint density at radius 2 is 1.67 bits per heavy atom. The third kappa shape index (κ3) is 5.62. The quantitative estimate of drug-likeness (QED) is 0.353. The number of hydrogen-bond donors (Lipinski definition) is 1. The Morgan fingerprint density at radius 1 is 0.949 bits per heavy atom. The van der Waals surface area contributed by atoms with E-state index >= 15 is 0 Å². The summed E-state index contributed by atoms with van der Waals surface area (Å²) < 4.78 is 24.2. The molecule has 2 aromatic heterocycles. The minimum absolute atomic E-state index is 0.114. The van der Waals surface area contributed by atoms with E-state index in [1.54, 1.807) is 19.1 Å². The molecule has 5 rings (SSSR count). The molecular weight excluding hydrogens is 532 g/mol. The number of hydrogen-bond acceptors (Lipinski definition) is 7. The zero-order chi connectivity index (χ0) is 27.9. The Labute approximate surface area is 231 Å². The van der Waals surface area contributed by atoms with Crippen LogP contribution in [-0.4, -0.2) is 53.9 Å². The highest BCUT2D eigenvalue weighted by atomic mass is 32.2. The van der Waals surface area contributed by atoms with Gasteiger partial charge in [-0.1, -0.05) is 24.3 Å². The zero-order valence-electron chi connectivity index (χ0n) is 22.1. The molecule has 0 saturated carbocycles. The number of benzene rings is 2. The lowest BCUT2D eigenvalue weighted by Crippen LogP contribution is -2.56. The van der Waals surface area contributed by atoms with Crippen LogP contribution in [0.1, 0.15) is 33.7 Å². The van der Waals surface area contributed by atoms with E-state index in [0.717, 1.165) is 40.0 Å². The lowest BCUT2D eigenvalue weighted by molar-refractivity contribution is -0.123. The van der Waals surface area contributed by atoms with Crippen molar-refractivity contribution in [1.82, 2.24) is 14.9 Å². The second-order valence-electron chi connectivity index (χ2n) is 9.80. The van der Waals surface area contributed by atoms with E-state index < -0.39 is 15.9 Å². The first-order chi connectivity index (χ1) is 18.5. The summed E-state index contributed by atoms with van der Waals surface area (Å²) >= 11 is 1.32. The summed E-state index contributed by atoms with van der Waals surface area (Å²) in [4.78, 5) is 36.8. The highest BCUT2D eigenvalue weighted by Crippen LogP contribution is 2.30. The van der Waals surface area contributed by atoms with Crippen molar-refractivity contribution in [3.8, 4) is 22.4 Å². The molecule has 0 unspecified atom stereocenters. The van der Waals surface area contributed by atoms with Crippen LogP contribution < -0.4 is 5.32 Å². The highest BCUT2D eigenvalue weighted by Gasteiger charge is 2.38. The van der Waals surface area contributed by atoms with Gasteiger partial charge in [-0.05, 0) is 74.2 Å². The number of carbonyl (C=O) groups is 2. The maximum absolute atomic E-state index is 13.1. The summed E-state index contributed by atoms with van der Waals surface area (Å²) in [5.41, 5.74) is 6.53. The molecule has 0 radical (unpaired) electrons. The molecule has 2 amide bonds. The van der Waals surface area contributed by atoms with Gasteiger partial charge in [-0.15, -0.1) is 11.3 Å². The van der Waals surface area contributed by atoms with Crippen molar-refractivity contribution >= 4 is 38.1 Å². The molecule has 1 fully saturated rings. The Kier molecular flexibility index (Phi) is 7.09. The maximum atomic E-state index is 13.1. The molecule has 1 aliphatic rings. The van der Waals surface area contributed by atoms with Crippen molar-refractivity contribution in [3.63, 3.8) is 0 Å². The van der Waals surface area contributed by atoms with Crippen molar-refractivity contribution < 1.29 is 18.0 Å². The molecule has 4 aromatic rings. The highest BCUT2D eigenvalue weighted by molar-refractivity contribution is 7.90. The van der Waals surface area contributed by atoms with E-state index in [0.29, 0.717) is 23.7 Å². The average molecular weight is 561 g/mol. The first-order valence-electron chi connectivity index (χ1n) is 12.4. The smallest absolute Gasteiger partial charge is 0.254 e. The van der Waals surface area contributed by atoms with Crippen LogP contribution in [0.5, 0.6) is 0 Å². The second-order valence-corrected chi connectivity index (χ2v) is 12.6. The molecule has 39 heavy (non-hydrogen) atoms. The van der Waals surface area contributed by atoms with Gasteiger partial charge in [-0.25, -0.2) is 13.4 Å². The number of nitrogens with one attached hydrogen (secondary N) is 1. The Balaban J connectivity index is 1.29. The zero-order valence-corrected chi connectivity index (χ0v) is 23.7. The van der Waals surface area contributed by atoms with Crippen LogP contribution in [-0.2, 0) is 14.6 Å². The van der Waals surface area contributed by atoms with Gasteiger partial charge in [0.1, 0.15) is 6.04 Å². The number of sulfone groups is 1. The maximum Gasteiger partial charge on any atom is 0.254 e. The van der Waals surface area contributed by atoms with Crippen LogP contribution in [0.3, 0.4) is 0 Å². The van der Waals surface area contributed by atoms with Crippen molar-refractivity contribution in [2.45, 2.75) is 38.1 Å². The number of anilines is 1. The molecule has 3 heterocycles. The van der Waals surface area contributed by atoms with Gasteiger partial charge in [0.25, 0.3) is 5.91 Å². The Hall–Kier alpha value is -3.89. The minimum Gasteiger partial charge on any atom is -0.326 e. The fourth-order valence-electron chi connectivity index (χ4n) is 4.71. The topological polar surface area (TPSA) is 109 Å². The molecule has 8 nitrogen and oxygen atoms in total. The van der Waals surface area contributed by atoms with Crippen LogP contribution in [0, 0.1) is 20.8 Å². The Morgan fingerprint density at radius 3 is 2.33 bits per heavy atom. The fraction of sp³-hybridized carbons (Fsp3) is 0.241. The number of nitrogens with zero attached hydrogens (tertiary/aromatic N) is 3. The lowest BCUT2D eigenvalue weighted by atomic mass is 10.00. The summed E-state index contributed by atoms with van der Waals surface area (Å²) in [6, 6.07) is 16.1. The average Bonchev–Trinajstić information content (AvgIpc) is 3.30. The van der Waals surface area contributed by atoms with E-state index in [4.69, 9.17) is 0 Å². The van der Waals surface area contributed by atoms with Gasteiger partial charge in [0.15, 0.2) is 15.0 Å². The minimum atomic E-state index is -3.48. The number of aromatic nitrogens is 2.